The second-order valence-electron chi connectivity index (χ2n) is 6.57. The highest BCUT2D eigenvalue weighted by Gasteiger charge is 2.11. The number of aryl methyl sites for hydroxylation is 1. The second kappa shape index (κ2) is 5.63. The average molecular weight is 320 g/mol. The van der Waals surface area contributed by atoms with Crippen LogP contribution in [0.4, 0.5) is 0 Å². The van der Waals surface area contributed by atoms with E-state index >= 15 is 0 Å². The summed E-state index contributed by atoms with van der Waals surface area (Å²) >= 11 is 0. The predicted octanol–water partition coefficient (Wildman–Crippen LogP) is 3.48. The molecule has 0 saturated heterocycles. The van der Waals surface area contributed by atoms with Crippen LogP contribution in [0.2, 0.25) is 0 Å². The first-order chi connectivity index (χ1) is 11.6. The molecule has 4 heterocycles. The van der Waals surface area contributed by atoms with E-state index in [2.05, 4.69) is 46.3 Å². The molecule has 0 spiro atoms. The van der Waals surface area contributed by atoms with Gasteiger partial charge < -0.3 is 4.98 Å². The first-order valence-electron chi connectivity index (χ1n) is 8.09. The zero-order valence-electron chi connectivity index (χ0n) is 14.1. The Bertz CT molecular complexity index is 988. The number of rotatable bonds is 4. The number of nitrogens with one attached hydrogen (secondary N) is 1. The van der Waals surface area contributed by atoms with Gasteiger partial charge in [-0.05, 0) is 12.0 Å². The van der Waals surface area contributed by atoms with Gasteiger partial charge in [-0.2, -0.15) is 10.2 Å². The van der Waals surface area contributed by atoms with Crippen molar-refractivity contribution in [3.05, 3.63) is 43.2 Å². The highest BCUT2D eigenvalue weighted by Crippen LogP contribution is 2.30. The van der Waals surface area contributed by atoms with Gasteiger partial charge >= 0.3 is 0 Å². The van der Waals surface area contributed by atoms with E-state index in [4.69, 9.17) is 0 Å². The molecule has 24 heavy (non-hydrogen) atoms. The largest absolute Gasteiger partial charge is 0.346 e. The van der Waals surface area contributed by atoms with E-state index in [0.717, 1.165) is 39.8 Å². The molecule has 4 aromatic heterocycles. The van der Waals surface area contributed by atoms with Crippen LogP contribution in [0.5, 0.6) is 0 Å². The minimum atomic E-state index is 0.570. The van der Waals surface area contributed by atoms with Gasteiger partial charge in [-0.15, -0.1) is 0 Å². The summed E-state index contributed by atoms with van der Waals surface area (Å²) in [5.74, 6) is 0.570. The lowest BCUT2D eigenvalue weighted by molar-refractivity contribution is 0.483. The van der Waals surface area contributed by atoms with Crippen molar-refractivity contribution in [2.75, 3.05) is 0 Å². The van der Waals surface area contributed by atoms with Crippen molar-refractivity contribution in [3.63, 3.8) is 0 Å². The zero-order valence-corrected chi connectivity index (χ0v) is 14.1. The molecule has 6 nitrogen and oxygen atoms in total. The summed E-state index contributed by atoms with van der Waals surface area (Å²) in [7, 11) is 1.92. The van der Waals surface area contributed by atoms with Gasteiger partial charge in [0.2, 0.25) is 0 Å². The van der Waals surface area contributed by atoms with Gasteiger partial charge in [0.25, 0.3) is 0 Å². The minimum absolute atomic E-state index is 0.570. The molecule has 0 aromatic carbocycles. The van der Waals surface area contributed by atoms with Gasteiger partial charge in [0.05, 0.1) is 12.4 Å². The molecule has 0 aliphatic rings. The number of H-pyrrole nitrogens is 1. The van der Waals surface area contributed by atoms with Crippen molar-refractivity contribution < 1.29 is 0 Å². The van der Waals surface area contributed by atoms with Gasteiger partial charge in [0.15, 0.2) is 0 Å². The normalized spacial score (nSPS) is 11.7. The zero-order chi connectivity index (χ0) is 16.7. The molecule has 0 radical (unpaired) electrons. The lowest BCUT2D eigenvalue weighted by atomic mass is 10.1. The standard InChI is InChI=1S/C18H20N6/c1-12(2)9-24-11-14(6-22-24)13-4-16-17(8-20-18(16)19-5-13)15-7-21-23(3)10-15/h4-8,10-12H,9H2,1-3H3,(H,19,20). The quantitative estimate of drug-likeness (QED) is 0.626. The van der Waals surface area contributed by atoms with Crippen LogP contribution in [0.1, 0.15) is 13.8 Å². The van der Waals surface area contributed by atoms with E-state index in [1.807, 2.05) is 42.7 Å². The van der Waals surface area contributed by atoms with E-state index in [-0.39, 0.29) is 0 Å². The van der Waals surface area contributed by atoms with Crippen LogP contribution in [-0.4, -0.2) is 29.5 Å². The van der Waals surface area contributed by atoms with Crippen LogP contribution in [-0.2, 0) is 13.6 Å². The Morgan fingerprint density at radius 1 is 1.04 bits per heavy atom. The average Bonchev–Trinajstić information content (AvgIpc) is 3.25. The van der Waals surface area contributed by atoms with Crippen molar-refractivity contribution in [2.24, 2.45) is 13.0 Å². The molecule has 0 bridgehead atoms. The van der Waals surface area contributed by atoms with Gasteiger partial charge in [-0.3, -0.25) is 9.36 Å². The molecule has 1 N–H and O–H groups in total. The van der Waals surface area contributed by atoms with E-state index < -0.39 is 0 Å². The highest BCUT2D eigenvalue weighted by molar-refractivity contribution is 5.95. The van der Waals surface area contributed by atoms with Crippen molar-refractivity contribution >= 4 is 11.0 Å². The van der Waals surface area contributed by atoms with Crippen LogP contribution in [0.25, 0.3) is 33.3 Å². The van der Waals surface area contributed by atoms with Crippen molar-refractivity contribution in [1.29, 1.82) is 0 Å². The molecule has 0 fully saturated rings. The number of hydrogen-bond donors (Lipinski definition) is 1. The molecule has 4 aromatic rings. The second-order valence-corrected chi connectivity index (χ2v) is 6.57. The molecular weight excluding hydrogens is 300 g/mol. The third-order valence-electron chi connectivity index (χ3n) is 4.07. The molecule has 0 unspecified atom stereocenters. The summed E-state index contributed by atoms with van der Waals surface area (Å²) in [6, 6.07) is 2.16. The third-order valence-corrected chi connectivity index (χ3v) is 4.07. The SMILES string of the molecule is CC(C)Cn1cc(-c2cnc3[nH]cc(-c4cnn(C)c4)c3c2)cn1. The fraction of sp³-hybridized carbons (Fsp3) is 0.278. The maximum absolute atomic E-state index is 4.56. The summed E-state index contributed by atoms with van der Waals surface area (Å²) in [6.45, 7) is 5.30. The number of aromatic amines is 1. The topological polar surface area (TPSA) is 64.3 Å². The van der Waals surface area contributed by atoms with Crippen molar-refractivity contribution in [3.8, 4) is 22.3 Å². The van der Waals surface area contributed by atoms with Gasteiger partial charge in [-0.1, -0.05) is 13.8 Å². The molecule has 4 rings (SSSR count). The summed E-state index contributed by atoms with van der Waals surface area (Å²) in [6.07, 6.45) is 11.7. The fourth-order valence-corrected chi connectivity index (χ4v) is 2.95. The third kappa shape index (κ3) is 2.60. The number of nitrogens with zero attached hydrogens (tertiary/aromatic N) is 5. The maximum atomic E-state index is 4.56. The Morgan fingerprint density at radius 3 is 2.62 bits per heavy atom. The fourth-order valence-electron chi connectivity index (χ4n) is 2.95. The van der Waals surface area contributed by atoms with Crippen molar-refractivity contribution in [2.45, 2.75) is 20.4 Å². The molecule has 0 aliphatic heterocycles. The van der Waals surface area contributed by atoms with Crippen LogP contribution < -0.4 is 0 Å². The predicted molar refractivity (Wildman–Crippen MR) is 94.4 cm³/mol. The molecule has 0 atom stereocenters. The number of hydrogen-bond acceptors (Lipinski definition) is 3. The Morgan fingerprint density at radius 2 is 1.88 bits per heavy atom. The Kier molecular flexibility index (Phi) is 3.45. The lowest BCUT2D eigenvalue weighted by Crippen LogP contribution is -2.03. The number of fused-ring (bicyclic) bond motifs is 1. The van der Waals surface area contributed by atoms with E-state index in [1.54, 1.807) is 4.68 Å². The molecule has 0 amide bonds. The minimum Gasteiger partial charge on any atom is -0.346 e. The summed E-state index contributed by atoms with van der Waals surface area (Å²) in [5.41, 5.74) is 5.23. The van der Waals surface area contributed by atoms with Gasteiger partial charge in [0, 0.05) is 66.0 Å². The van der Waals surface area contributed by atoms with E-state index in [0.29, 0.717) is 5.92 Å². The molecule has 0 aliphatic carbocycles. The molecule has 122 valence electrons. The number of pyridine rings is 1. The van der Waals surface area contributed by atoms with Crippen LogP contribution in [0, 0.1) is 5.92 Å². The first kappa shape index (κ1) is 14.7. The number of aromatic nitrogens is 6. The summed E-state index contributed by atoms with van der Waals surface area (Å²) in [4.78, 5) is 7.80. The highest BCUT2D eigenvalue weighted by atomic mass is 15.3. The van der Waals surface area contributed by atoms with Crippen LogP contribution in [0.15, 0.2) is 43.2 Å². The Balaban J connectivity index is 1.76. The van der Waals surface area contributed by atoms with Crippen LogP contribution >= 0.6 is 0 Å². The van der Waals surface area contributed by atoms with E-state index in [9.17, 15) is 0 Å². The van der Waals surface area contributed by atoms with Crippen molar-refractivity contribution in [1.82, 2.24) is 29.5 Å². The Labute approximate surface area is 140 Å². The van der Waals surface area contributed by atoms with Gasteiger partial charge in [0.1, 0.15) is 5.65 Å². The van der Waals surface area contributed by atoms with Gasteiger partial charge in [-0.25, -0.2) is 4.98 Å². The summed E-state index contributed by atoms with van der Waals surface area (Å²) in [5, 5.41) is 9.81. The molecule has 0 saturated carbocycles. The molecule has 6 heteroatoms. The Hall–Kier alpha value is -2.89. The maximum Gasteiger partial charge on any atom is 0.137 e. The summed E-state index contributed by atoms with van der Waals surface area (Å²) < 4.78 is 3.80. The lowest BCUT2D eigenvalue weighted by Gasteiger charge is -2.03. The molecular formula is C18H20N6. The first-order valence-corrected chi connectivity index (χ1v) is 8.09. The van der Waals surface area contributed by atoms with Crippen LogP contribution in [0.3, 0.4) is 0 Å². The van der Waals surface area contributed by atoms with E-state index in [1.165, 1.54) is 0 Å². The monoisotopic (exact) mass is 320 g/mol. The smallest absolute Gasteiger partial charge is 0.137 e.